The Morgan fingerprint density at radius 2 is 2.21 bits per heavy atom. The van der Waals surface area contributed by atoms with E-state index in [9.17, 15) is 0 Å². The molecule has 1 aliphatic rings. The van der Waals surface area contributed by atoms with E-state index >= 15 is 0 Å². The molecule has 0 saturated carbocycles. The Kier molecular flexibility index (Phi) is 4.55. The van der Waals surface area contributed by atoms with Crippen LogP contribution in [-0.2, 0) is 15.9 Å². The predicted octanol–water partition coefficient (Wildman–Crippen LogP) is 1.30. The molecule has 0 aromatic carbocycles. The van der Waals surface area contributed by atoms with E-state index in [1.165, 1.54) is 0 Å². The molecule has 19 heavy (non-hydrogen) atoms. The highest BCUT2D eigenvalue weighted by Gasteiger charge is 2.35. The van der Waals surface area contributed by atoms with E-state index < -0.39 is 0 Å². The maximum atomic E-state index is 5.60. The molecule has 6 heteroatoms. The van der Waals surface area contributed by atoms with Gasteiger partial charge in [0.15, 0.2) is 0 Å². The quantitative estimate of drug-likeness (QED) is 0.809. The van der Waals surface area contributed by atoms with Gasteiger partial charge in [-0.3, -0.25) is 0 Å². The summed E-state index contributed by atoms with van der Waals surface area (Å²) in [6, 6.07) is 0. The van der Waals surface area contributed by atoms with Gasteiger partial charge in [0, 0.05) is 39.3 Å². The number of nitrogens with zero attached hydrogens (tertiary/aromatic N) is 2. The Hall–Kier alpha value is -1.40. The lowest BCUT2D eigenvalue weighted by Crippen LogP contribution is -2.40. The number of hydrogen-bond donors (Lipinski definition) is 2. The average Bonchev–Trinajstić information content (AvgIpc) is 2.94. The van der Waals surface area contributed by atoms with E-state index in [4.69, 9.17) is 9.47 Å². The number of nitrogens with one attached hydrogen (secondary N) is 2. The summed E-state index contributed by atoms with van der Waals surface area (Å²) in [5.74, 6) is 1.74. The van der Waals surface area contributed by atoms with Crippen LogP contribution in [0.4, 0.5) is 11.6 Å². The summed E-state index contributed by atoms with van der Waals surface area (Å²) < 4.78 is 11.0. The van der Waals surface area contributed by atoms with Crippen molar-refractivity contribution in [1.29, 1.82) is 0 Å². The summed E-state index contributed by atoms with van der Waals surface area (Å²) >= 11 is 0. The van der Waals surface area contributed by atoms with Gasteiger partial charge >= 0.3 is 0 Å². The fraction of sp³-hybridized carbons (Fsp3) is 0.692. The first kappa shape index (κ1) is 14.0. The van der Waals surface area contributed by atoms with Crippen molar-refractivity contribution in [3.63, 3.8) is 0 Å². The van der Waals surface area contributed by atoms with E-state index in [0.717, 1.165) is 36.6 Å². The number of rotatable bonds is 6. The van der Waals surface area contributed by atoms with Crippen LogP contribution in [0.25, 0.3) is 0 Å². The second-order valence-corrected chi connectivity index (χ2v) is 4.70. The van der Waals surface area contributed by atoms with Crippen molar-refractivity contribution in [1.82, 2.24) is 9.97 Å². The molecule has 106 valence electrons. The first-order valence-corrected chi connectivity index (χ1v) is 6.63. The highest BCUT2D eigenvalue weighted by atomic mass is 16.5. The molecule has 2 heterocycles. The van der Waals surface area contributed by atoms with E-state index in [0.29, 0.717) is 13.2 Å². The third-order valence-corrected chi connectivity index (χ3v) is 3.61. The van der Waals surface area contributed by atoms with Gasteiger partial charge in [-0.25, -0.2) is 9.97 Å². The maximum absolute atomic E-state index is 5.60. The van der Waals surface area contributed by atoms with Crippen molar-refractivity contribution >= 4 is 11.6 Å². The van der Waals surface area contributed by atoms with Gasteiger partial charge in [-0.1, -0.05) is 6.92 Å². The van der Waals surface area contributed by atoms with Gasteiger partial charge in [-0.05, 0) is 6.42 Å². The van der Waals surface area contributed by atoms with Crippen LogP contribution in [0.5, 0.6) is 0 Å². The van der Waals surface area contributed by atoms with E-state index in [1.807, 2.05) is 7.05 Å². The average molecular weight is 266 g/mol. The molecule has 0 aliphatic carbocycles. The van der Waals surface area contributed by atoms with E-state index in [2.05, 4.69) is 27.5 Å². The summed E-state index contributed by atoms with van der Waals surface area (Å²) in [5, 5.41) is 6.47. The molecule has 1 aromatic heterocycles. The highest BCUT2D eigenvalue weighted by Crippen LogP contribution is 2.25. The topological polar surface area (TPSA) is 68.3 Å². The summed E-state index contributed by atoms with van der Waals surface area (Å²) in [6.07, 6.45) is 3.34. The third-order valence-electron chi connectivity index (χ3n) is 3.61. The van der Waals surface area contributed by atoms with Crippen LogP contribution in [0.2, 0.25) is 0 Å². The van der Waals surface area contributed by atoms with Crippen LogP contribution in [0.15, 0.2) is 6.33 Å². The fourth-order valence-corrected chi connectivity index (χ4v) is 2.32. The number of ether oxygens (including phenoxy) is 2. The number of hydrogen-bond acceptors (Lipinski definition) is 6. The summed E-state index contributed by atoms with van der Waals surface area (Å²) in [7, 11) is 3.60. The molecule has 0 spiro atoms. The standard InChI is InChI=1S/C13H22N4O2/c1-4-10-11(14-2)16-9-17-12(10)15-7-13(18-3)5-6-19-8-13/h9H,4-8H2,1-3H3,(H2,14,15,16,17). The van der Waals surface area contributed by atoms with Gasteiger partial charge in [-0.15, -0.1) is 0 Å². The Bertz CT molecular complexity index is 419. The van der Waals surface area contributed by atoms with Gasteiger partial charge < -0.3 is 20.1 Å². The van der Waals surface area contributed by atoms with Crippen molar-refractivity contribution in [2.75, 3.05) is 44.5 Å². The smallest absolute Gasteiger partial charge is 0.134 e. The van der Waals surface area contributed by atoms with Gasteiger partial charge in [0.05, 0.1) is 6.61 Å². The van der Waals surface area contributed by atoms with E-state index in [-0.39, 0.29) is 5.60 Å². The zero-order valence-corrected chi connectivity index (χ0v) is 11.8. The van der Waals surface area contributed by atoms with Gasteiger partial charge in [-0.2, -0.15) is 0 Å². The molecular weight excluding hydrogens is 244 g/mol. The predicted molar refractivity (Wildman–Crippen MR) is 74.6 cm³/mol. The number of methoxy groups -OCH3 is 1. The Labute approximate surface area is 113 Å². The minimum atomic E-state index is -0.240. The first-order valence-electron chi connectivity index (χ1n) is 6.63. The Morgan fingerprint density at radius 3 is 2.79 bits per heavy atom. The monoisotopic (exact) mass is 266 g/mol. The normalized spacial score (nSPS) is 22.5. The second-order valence-electron chi connectivity index (χ2n) is 4.70. The zero-order chi connectivity index (χ0) is 13.7. The molecule has 1 atom stereocenters. The van der Waals surface area contributed by atoms with Crippen molar-refractivity contribution < 1.29 is 9.47 Å². The molecule has 6 nitrogen and oxygen atoms in total. The first-order chi connectivity index (χ1) is 9.24. The van der Waals surface area contributed by atoms with Gasteiger partial charge in [0.1, 0.15) is 23.6 Å². The number of aromatic nitrogens is 2. The molecule has 0 amide bonds. The molecule has 1 unspecified atom stereocenters. The molecule has 1 fully saturated rings. The molecule has 2 rings (SSSR count). The summed E-state index contributed by atoms with van der Waals surface area (Å²) in [6.45, 7) is 4.16. The number of anilines is 2. The SMILES string of the molecule is CCc1c(NC)ncnc1NCC1(OC)CCOC1. The molecule has 2 N–H and O–H groups in total. The van der Waals surface area contributed by atoms with Crippen molar-refractivity contribution in [3.8, 4) is 0 Å². The van der Waals surface area contributed by atoms with Crippen LogP contribution in [0.3, 0.4) is 0 Å². The van der Waals surface area contributed by atoms with Crippen molar-refractivity contribution in [2.24, 2.45) is 0 Å². The van der Waals surface area contributed by atoms with Gasteiger partial charge in [0.2, 0.25) is 0 Å². The summed E-state index contributed by atoms with van der Waals surface area (Å²) in [5.41, 5.74) is 0.852. The van der Waals surface area contributed by atoms with E-state index in [1.54, 1.807) is 13.4 Å². The lowest BCUT2D eigenvalue weighted by molar-refractivity contribution is -0.00626. The van der Waals surface area contributed by atoms with Crippen LogP contribution < -0.4 is 10.6 Å². The van der Waals surface area contributed by atoms with Gasteiger partial charge in [0.25, 0.3) is 0 Å². The molecule has 0 radical (unpaired) electrons. The third kappa shape index (κ3) is 2.96. The lowest BCUT2D eigenvalue weighted by atomic mass is 10.0. The van der Waals surface area contributed by atoms with Crippen LogP contribution >= 0.6 is 0 Å². The maximum Gasteiger partial charge on any atom is 0.134 e. The Morgan fingerprint density at radius 1 is 1.42 bits per heavy atom. The van der Waals surface area contributed by atoms with Crippen LogP contribution in [-0.4, -0.2) is 49.5 Å². The second kappa shape index (κ2) is 6.16. The van der Waals surface area contributed by atoms with Crippen molar-refractivity contribution in [2.45, 2.75) is 25.4 Å². The molecule has 1 aliphatic heterocycles. The zero-order valence-electron chi connectivity index (χ0n) is 11.8. The highest BCUT2D eigenvalue weighted by molar-refractivity contribution is 5.57. The molecular formula is C13H22N4O2. The molecule has 1 aromatic rings. The van der Waals surface area contributed by atoms with Crippen LogP contribution in [0, 0.1) is 0 Å². The van der Waals surface area contributed by atoms with Crippen LogP contribution in [0.1, 0.15) is 18.9 Å². The van der Waals surface area contributed by atoms with Crippen molar-refractivity contribution in [3.05, 3.63) is 11.9 Å². The minimum Gasteiger partial charge on any atom is -0.378 e. The molecule has 0 bridgehead atoms. The minimum absolute atomic E-state index is 0.240. The lowest BCUT2D eigenvalue weighted by Gasteiger charge is -2.26. The fourth-order valence-electron chi connectivity index (χ4n) is 2.32. The Balaban J connectivity index is 2.10. The summed E-state index contributed by atoms with van der Waals surface area (Å²) in [4.78, 5) is 8.55. The largest absolute Gasteiger partial charge is 0.378 e. The molecule has 1 saturated heterocycles.